The van der Waals surface area contributed by atoms with Crippen LogP contribution in [0.5, 0.6) is 0 Å². The molecule has 1 aromatic heterocycles. The summed E-state index contributed by atoms with van der Waals surface area (Å²) in [6.45, 7) is 5.49. The van der Waals surface area contributed by atoms with Gasteiger partial charge in [0.05, 0.1) is 0 Å². The summed E-state index contributed by atoms with van der Waals surface area (Å²) in [5.41, 5.74) is 2.24. The fourth-order valence-corrected chi connectivity index (χ4v) is 5.13. The van der Waals surface area contributed by atoms with Gasteiger partial charge in [0.1, 0.15) is 0 Å². The molecule has 2 atom stereocenters. The highest BCUT2D eigenvalue weighted by atomic mass is 16.3. The lowest BCUT2D eigenvalue weighted by molar-refractivity contribution is -0.141. The second-order valence-corrected chi connectivity index (χ2v) is 8.44. The normalized spacial score (nSPS) is 23.9. The third-order valence-electron chi connectivity index (χ3n) is 6.52. The minimum absolute atomic E-state index is 0.0219. The summed E-state index contributed by atoms with van der Waals surface area (Å²) in [7, 11) is 0. The number of fused-ring (bicyclic) bond motifs is 1. The number of likely N-dealkylation sites (tertiary alicyclic amines) is 1. The van der Waals surface area contributed by atoms with E-state index in [2.05, 4.69) is 22.1 Å². The van der Waals surface area contributed by atoms with E-state index in [4.69, 9.17) is 4.42 Å². The van der Waals surface area contributed by atoms with Gasteiger partial charge in [0.15, 0.2) is 17.8 Å². The molecule has 2 fully saturated rings. The molecular weight excluding hydrogens is 366 g/mol. The van der Waals surface area contributed by atoms with Crippen molar-refractivity contribution in [1.29, 1.82) is 0 Å². The number of aromatic nitrogens is 1. The van der Waals surface area contributed by atoms with Crippen LogP contribution < -0.4 is 5.32 Å². The predicted octanol–water partition coefficient (Wildman–Crippen LogP) is 3.95. The SMILES string of the molecule is CCCN1C(=O)CC[C@]2(CNC(=O)c3ncoc3-c3cccc(C)c3)CCC[C@@H]12. The Kier molecular flexibility index (Phi) is 5.43. The summed E-state index contributed by atoms with van der Waals surface area (Å²) in [5, 5.41) is 3.12. The fourth-order valence-electron chi connectivity index (χ4n) is 5.13. The number of rotatable bonds is 6. The van der Waals surface area contributed by atoms with E-state index in [9.17, 15) is 9.59 Å². The van der Waals surface area contributed by atoms with Crippen molar-refractivity contribution in [2.45, 2.75) is 58.4 Å². The van der Waals surface area contributed by atoms with E-state index in [-0.39, 0.29) is 23.3 Å². The monoisotopic (exact) mass is 395 g/mol. The van der Waals surface area contributed by atoms with Crippen LogP contribution in [0.2, 0.25) is 0 Å². The van der Waals surface area contributed by atoms with Gasteiger partial charge in [0.2, 0.25) is 5.91 Å². The van der Waals surface area contributed by atoms with E-state index < -0.39 is 0 Å². The highest BCUT2D eigenvalue weighted by Gasteiger charge is 2.50. The smallest absolute Gasteiger partial charge is 0.273 e. The molecule has 6 heteroatoms. The number of aryl methyl sites for hydroxylation is 1. The number of nitrogens with zero attached hydrogens (tertiary/aromatic N) is 2. The summed E-state index contributed by atoms with van der Waals surface area (Å²) >= 11 is 0. The van der Waals surface area contributed by atoms with Crippen molar-refractivity contribution in [3.63, 3.8) is 0 Å². The molecule has 4 rings (SSSR count). The fraction of sp³-hybridized carbons (Fsp3) is 0.522. The molecule has 6 nitrogen and oxygen atoms in total. The summed E-state index contributed by atoms with van der Waals surface area (Å²) in [4.78, 5) is 31.7. The van der Waals surface area contributed by atoms with E-state index in [1.807, 2.05) is 31.2 Å². The lowest BCUT2D eigenvalue weighted by Crippen LogP contribution is -2.56. The summed E-state index contributed by atoms with van der Waals surface area (Å²) in [6.07, 6.45) is 6.89. The van der Waals surface area contributed by atoms with E-state index in [1.54, 1.807) is 0 Å². The third kappa shape index (κ3) is 3.68. The molecule has 0 unspecified atom stereocenters. The van der Waals surface area contributed by atoms with Gasteiger partial charge in [-0.3, -0.25) is 9.59 Å². The molecule has 0 spiro atoms. The van der Waals surface area contributed by atoms with Crippen LogP contribution in [0.3, 0.4) is 0 Å². The molecule has 2 heterocycles. The Morgan fingerprint density at radius 1 is 1.38 bits per heavy atom. The molecule has 2 amide bonds. The number of carbonyl (C=O) groups is 2. The molecule has 1 aromatic carbocycles. The average Bonchev–Trinajstić information content (AvgIpc) is 3.36. The van der Waals surface area contributed by atoms with Gasteiger partial charge in [-0.25, -0.2) is 4.98 Å². The van der Waals surface area contributed by atoms with Crippen LogP contribution in [-0.4, -0.2) is 40.8 Å². The maximum atomic E-state index is 13.0. The number of amides is 2. The number of nitrogens with one attached hydrogen (secondary N) is 1. The van der Waals surface area contributed by atoms with Crippen molar-refractivity contribution in [3.05, 3.63) is 41.9 Å². The number of carbonyl (C=O) groups excluding carboxylic acids is 2. The van der Waals surface area contributed by atoms with Crippen LogP contribution in [0.1, 0.15) is 61.5 Å². The van der Waals surface area contributed by atoms with Crippen molar-refractivity contribution in [3.8, 4) is 11.3 Å². The summed E-state index contributed by atoms with van der Waals surface area (Å²) in [6, 6.07) is 8.09. The van der Waals surface area contributed by atoms with Gasteiger partial charge in [0.25, 0.3) is 5.91 Å². The lowest BCUT2D eigenvalue weighted by Gasteiger charge is -2.46. The molecular formula is C23H29N3O3. The molecule has 1 saturated heterocycles. The first-order chi connectivity index (χ1) is 14.0. The van der Waals surface area contributed by atoms with Gasteiger partial charge in [-0.15, -0.1) is 0 Å². The molecule has 2 aromatic rings. The van der Waals surface area contributed by atoms with E-state index in [0.29, 0.717) is 24.4 Å². The van der Waals surface area contributed by atoms with Crippen molar-refractivity contribution in [2.75, 3.05) is 13.1 Å². The summed E-state index contributed by atoms with van der Waals surface area (Å²) in [5.74, 6) is 0.547. The molecule has 1 saturated carbocycles. The number of hydrogen-bond donors (Lipinski definition) is 1. The summed E-state index contributed by atoms with van der Waals surface area (Å²) < 4.78 is 5.54. The van der Waals surface area contributed by atoms with Gasteiger partial charge in [-0.1, -0.05) is 37.1 Å². The second kappa shape index (κ2) is 8.01. The zero-order valence-electron chi connectivity index (χ0n) is 17.2. The Morgan fingerprint density at radius 2 is 2.24 bits per heavy atom. The Morgan fingerprint density at radius 3 is 3.03 bits per heavy atom. The van der Waals surface area contributed by atoms with Crippen molar-refractivity contribution >= 4 is 11.8 Å². The standard InChI is InChI=1S/C23H29N3O3/c1-3-12-26-18-8-5-10-23(18,11-9-19(26)27)14-24-22(28)20-21(29-15-25-20)17-7-4-6-16(2)13-17/h4,6-7,13,15,18H,3,5,8-12,14H2,1-2H3,(H,24,28)/t18-,23+/m1/s1. The van der Waals surface area contributed by atoms with Crippen LogP contribution in [-0.2, 0) is 4.79 Å². The number of benzene rings is 1. The van der Waals surface area contributed by atoms with E-state index in [1.165, 1.54) is 6.39 Å². The van der Waals surface area contributed by atoms with Crippen LogP contribution in [0.4, 0.5) is 0 Å². The van der Waals surface area contributed by atoms with Crippen LogP contribution in [0.15, 0.2) is 35.1 Å². The maximum Gasteiger partial charge on any atom is 0.273 e. The molecule has 1 aliphatic carbocycles. The third-order valence-corrected chi connectivity index (χ3v) is 6.52. The zero-order chi connectivity index (χ0) is 20.4. The maximum absolute atomic E-state index is 13.0. The molecule has 154 valence electrons. The van der Waals surface area contributed by atoms with E-state index >= 15 is 0 Å². The number of hydrogen-bond acceptors (Lipinski definition) is 4. The van der Waals surface area contributed by atoms with Gasteiger partial charge in [-0.05, 0) is 38.7 Å². The number of piperidine rings is 1. The van der Waals surface area contributed by atoms with Gasteiger partial charge < -0.3 is 14.6 Å². The molecule has 2 aliphatic rings. The van der Waals surface area contributed by atoms with Gasteiger partial charge >= 0.3 is 0 Å². The first-order valence-electron chi connectivity index (χ1n) is 10.6. The Labute approximate surface area is 171 Å². The minimum Gasteiger partial charge on any atom is -0.443 e. The average molecular weight is 396 g/mol. The van der Waals surface area contributed by atoms with Gasteiger partial charge in [-0.2, -0.15) is 0 Å². The topological polar surface area (TPSA) is 75.4 Å². The van der Waals surface area contributed by atoms with Crippen molar-refractivity contribution in [1.82, 2.24) is 15.2 Å². The first-order valence-corrected chi connectivity index (χ1v) is 10.6. The Hall–Kier alpha value is -2.63. The van der Waals surface area contributed by atoms with Crippen molar-refractivity contribution < 1.29 is 14.0 Å². The van der Waals surface area contributed by atoms with E-state index in [0.717, 1.165) is 49.8 Å². The number of oxazole rings is 1. The molecule has 29 heavy (non-hydrogen) atoms. The van der Waals surface area contributed by atoms with Gasteiger partial charge in [0, 0.05) is 36.5 Å². The first kappa shape index (κ1) is 19.7. The molecule has 1 N–H and O–H groups in total. The molecule has 0 bridgehead atoms. The second-order valence-electron chi connectivity index (χ2n) is 8.44. The molecule has 1 aliphatic heterocycles. The van der Waals surface area contributed by atoms with Crippen LogP contribution in [0, 0.1) is 12.3 Å². The van der Waals surface area contributed by atoms with Crippen LogP contribution in [0.25, 0.3) is 11.3 Å². The Bertz CT molecular complexity index is 906. The lowest BCUT2D eigenvalue weighted by atomic mass is 9.74. The quantitative estimate of drug-likeness (QED) is 0.804. The predicted molar refractivity (Wildman–Crippen MR) is 110 cm³/mol. The van der Waals surface area contributed by atoms with Crippen molar-refractivity contribution in [2.24, 2.45) is 5.41 Å². The highest BCUT2D eigenvalue weighted by molar-refractivity contribution is 5.97. The van der Waals surface area contributed by atoms with Crippen LogP contribution >= 0.6 is 0 Å². The minimum atomic E-state index is -0.214. The highest BCUT2D eigenvalue weighted by Crippen LogP contribution is 2.47. The molecule has 0 radical (unpaired) electrons. The largest absolute Gasteiger partial charge is 0.443 e. The Balaban J connectivity index is 1.50. The zero-order valence-corrected chi connectivity index (χ0v) is 17.2.